The maximum atomic E-state index is 11.6. The van der Waals surface area contributed by atoms with Crippen LogP contribution in [0.15, 0.2) is 17.1 Å². The molecule has 3 N–H and O–H groups in total. The molecule has 1 aromatic heterocycles. The number of aliphatic hydroxyl groups is 3. The third kappa shape index (κ3) is 2.28. The van der Waals surface area contributed by atoms with Gasteiger partial charge in [0.2, 0.25) is 0 Å². The first kappa shape index (κ1) is 12.7. The molecule has 1 aliphatic heterocycles. The Morgan fingerprint density at radius 3 is 2.71 bits per heavy atom. The van der Waals surface area contributed by atoms with Gasteiger partial charge in [0.25, 0.3) is 0 Å². The van der Waals surface area contributed by atoms with Gasteiger partial charge in [-0.15, -0.1) is 0 Å². The Hall–Kier alpha value is -0.761. The predicted octanol–water partition coefficient (Wildman–Crippen LogP) is -3.35. The molecule has 0 aliphatic carbocycles. The van der Waals surface area contributed by atoms with E-state index < -0.39 is 36.8 Å². The van der Waals surface area contributed by atoms with Crippen molar-refractivity contribution in [3.63, 3.8) is 0 Å². The Morgan fingerprint density at radius 2 is 2.18 bits per heavy atom. The molecule has 93 valence electrons. The van der Waals surface area contributed by atoms with E-state index >= 15 is 0 Å². The molecule has 1 fully saturated rings. The van der Waals surface area contributed by atoms with Crippen molar-refractivity contribution in [3.8, 4) is 0 Å². The number of ether oxygens (including phenoxy) is 1. The molecule has 17 heavy (non-hydrogen) atoms. The second-order valence-corrected chi connectivity index (χ2v) is 4.56. The molecule has 1 aliphatic rings. The molecular formula is C9H11N2O5Se. The van der Waals surface area contributed by atoms with Crippen LogP contribution in [-0.2, 0) is 4.74 Å². The van der Waals surface area contributed by atoms with Crippen molar-refractivity contribution in [3.05, 3.63) is 22.7 Å². The van der Waals surface area contributed by atoms with Crippen molar-refractivity contribution in [2.24, 2.45) is 0 Å². The summed E-state index contributed by atoms with van der Waals surface area (Å²) in [7, 11) is 0. The van der Waals surface area contributed by atoms with Crippen LogP contribution in [0.2, 0.25) is 0 Å². The van der Waals surface area contributed by atoms with Gasteiger partial charge in [-0.1, -0.05) is 0 Å². The summed E-state index contributed by atoms with van der Waals surface area (Å²) in [5, 5.41) is 28.2. The van der Waals surface area contributed by atoms with E-state index in [9.17, 15) is 15.0 Å². The zero-order chi connectivity index (χ0) is 12.6. The van der Waals surface area contributed by atoms with Crippen LogP contribution in [0, 0.1) is 0 Å². The molecule has 4 unspecified atom stereocenters. The van der Waals surface area contributed by atoms with Gasteiger partial charge in [0.05, 0.1) is 0 Å². The monoisotopic (exact) mass is 307 g/mol. The molecule has 7 nitrogen and oxygen atoms in total. The Balaban J connectivity index is 2.32. The average Bonchev–Trinajstić information content (AvgIpc) is 2.57. The van der Waals surface area contributed by atoms with Crippen LogP contribution >= 0.6 is 0 Å². The summed E-state index contributed by atoms with van der Waals surface area (Å²) in [5.41, 5.74) is -0.601. The fourth-order valence-electron chi connectivity index (χ4n) is 1.70. The van der Waals surface area contributed by atoms with E-state index in [4.69, 9.17) is 9.84 Å². The Bertz CT molecular complexity index is 465. The van der Waals surface area contributed by atoms with Gasteiger partial charge in [-0.05, 0) is 0 Å². The molecule has 1 aromatic rings. The van der Waals surface area contributed by atoms with Gasteiger partial charge >= 0.3 is 104 Å². The summed E-state index contributed by atoms with van der Waals surface area (Å²) in [6.45, 7) is -0.434. The third-order valence-corrected chi connectivity index (χ3v) is 3.07. The molecular weight excluding hydrogens is 295 g/mol. The van der Waals surface area contributed by atoms with E-state index in [1.807, 2.05) is 0 Å². The van der Waals surface area contributed by atoms with Gasteiger partial charge in [-0.3, -0.25) is 0 Å². The molecule has 0 saturated carbocycles. The van der Waals surface area contributed by atoms with E-state index in [-0.39, 0.29) is 0 Å². The van der Waals surface area contributed by atoms with Crippen LogP contribution in [0.1, 0.15) is 6.23 Å². The molecule has 0 bridgehead atoms. The van der Waals surface area contributed by atoms with Crippen LogP contribution in [0.25, 0.3) is 0 Å². The SMILES string of the molecule is O=c1nc([Se])ccn1C1OC(CO)C(O)C1O. The molecule has 1 radical (unpaired) electrons. The van der Waals surface area contributed by atoms with E-state index in [1.165, 1.54) is 12.3 Å². The quantitative estimate of drug-likeness (QED) is 0.493. The van der Waals surface area contributed by atoms with Gasteiger partial charge in [-0.25, -0.2) is 0 Å². The van der Waals surface area contributed by atoms with Crippen LogP contribution in [0.5, 0.6) is 0 Å². The van der Waals surface area contributed by atoms with Crippen molar-refractivity contribution in [2.75, 3.05) is 6.61 Å². The van der Waals surface area contributed by atoms with Gasteiger partial charge in [0.1, 0.15) is 0 Å². The topological polar surface area (TPSA) is 105 Å². The number of hydrogen-bond acceptors (Lipinski definition) is 6. The summed E-state index contributed by atoms with van der Waals surface area (Å²) >= 11 is 2.58. The van der Waals surface area contributed by atoms with Crippen LogP contribution in [0.3, 0.4) is 0 Å². The minimum absolute atomic E-state index is 0.429. The number of aromatic nitrogens is 2. The standard InChI is InChI=1S/C9H11N2O5Se/c12-3-4-6(13)7(14)8(16-4)11-2-1-5(17)10-9(11)15/h1-2,4,6-8,12-14H,3H2. The van der Waals surface area contributed by atoms with Gasteiger partial charge < -0.3 is 0 Å². The number of nitrogens with zero attached hydrogens (tertiary/aromatic N) is 2. The molecule has 2 rings (SSSR count). The zero-order valence-corrected chi connectivity index (χ0v) is 10.3. The van der Waals surface area contributed by atoms with Crippen LogP contribution < -0.4 is 10.3 Å². The fourth-order valence-corrected chi connectivity index (χ4v) is 1.99. The van der Waals surface area contributed by atoms with Crippen molar-refractivity contribution in [1.82, 2.24) is 9.55 Å². The molecule has 0 amide bonds. The maximum absolute atomic E-state index is 11.6. The summed E-state index contributed by atoms with van der Waals surface area (Å²) in [6, 6.07) is 1.54. The second kappa shape index (κ2) is 4.85. The molecule has 0 spiro atoms. The van der Waals surface area contributed by atoms with Gasteiger partial charge in [0, 0.05) is 0 Å². The summed E-state index contributed by atoms with van der Waals surface area (Å²) in [6.07, 6.45) is -3.05. The van der Waals surface area contributed by atoms with E-state index in [1.54, 1.807) is 0 Å². The fraction of sp³-hybridized carbons (Fsp3) is 0.556. The number of aliphatic hydroxyl groups excluding tert-OH is 3. The minimum atomic E-state index is -1.28. The third-order valence-electron chi connectivity index (χ3n) is 2.60. The van der Waals surface area contributed by atoms with Crippen molar-refractivity contribution >= 4 is 20.6 Å². The summed E-state index contributed by atoms with van der Waals surface area (Å²) in [4.78, 5) is 15.2. The van der Waals surface area contributed by atoms with Gasteiger partial charge in [0.15, 0.2) is 0 Å². The predicted molar refractivity (Wildman–Crippen MR) is 56.9 cm³/mol. The zero-order valence-electron chi connectivity index (χ0n) is 8.63. The number of rotatable bonds is 2. The Labute approximate surface area is 104 Å². The van der Waals surface area contributed by atoms with Crippen molar-refractivity contribution in [1.29, 1.82) is 0 Å². The number of hydrogen-bond donors (Lipinski definition) is 3. The molecule has 4 atom stereocenters. The molecule has 8 heteroatoms. The van der Waals surface area contributed by atoms with Crippen molar-refractivity contribution < 1.29 is 20.1 Å². The van der Waals surface area contributed by atoms with Crippen molar-refractivity contribution in [2.45, 2.75) is 24.5 Å². The van der Waals surface area contributed by atoms with E-state index in [2.05, 4.69) is 21.0 Å². The first-order chi connectivity index (χ1) is 8.04. The average molecular weight is 306 g/mol. The molecule has 2 heterocycles. The first-order valence-electron chi connectivity index (χ1n) is 4.93. The normalized spacial score (nSPS) is 32.9. The van der Waals surface area contributed by atoms with E-state index in [0.717, 1.165) is 4.57 Å². The summed E-state index contributed by atoms with van der Waals surface area (Å²) < 4.78 is 6.71. The molecule has 0 aromatic carbocycles. The van der Waals surface area contributed by atoms with Crippen LogP contribution in [0.4, 0.5) is 0 Å². The second-order valence-electron chi connectivity index (χ2n) is 3.68. The Kier molecular flexibility index (Phi) is 3.62. The first-order valence-corrected chi connectivity index (χ1v) is 5.79. The Morgan fingerprint density at radius 1 is 1.47 bits per heavy atom. The van der Waals surface area contributed by atoms with E-state index in [0.29, 0.717) is 4.59 Å². The van der Waals surface area contributed by atoms with Gasteiger partial charge in [-0.2, -0.15) is 0 Å². The summed E-state index contributed by atoms with van der Waals surface area (Å²) in [5.74, 6) is 0. The molecule has 1 saturated heterocycles. The van der Waals surface area contributed by atoms with Crippen LogP contribution in [-0.4, -0.2) is 65.8 Å².